The highest BCUT2D eigenvalue weighted by atomic mass is 32.2. The van der Waals surface area contributed by atoms with Gasteiger partial charge in [0, 0.05) is 36.7 Å². The number of aromatic nitrogens is 1. The number of hydrogen-bond donors (Lipinski definition) is 1. The Kier molecular flexibility index (Phi) is 5.12. The zero-order valence-electron chi connectivity index (χ0n) is 14.4. The molecule has 1 N–H and O–H groups in total. The Hall–Kier alpha value is -1.90. The van der Waals surface area contributed by atoms with E-state index in [-0.39, 0.29) is 13.1 Å². The number of para-hydroxylation sites is 1. The summed E-state index contributed by atoms with van der Waals surface area (Å²) >= 11 is 0. The molecule has 1 saturated heterocycles. The molecule has 1 amide bonds. The van der Waals surface area contributed by atoms with Gasteiger partial charge in [0.1, 0.15) is 0 Å². The lowest BCUT2D eigenvalue weighted by atomic mass is 10.2. The molecule has 25 heavy (non-hydrogen) atoms. The molecule has 0 aliphatic carbocycles. The SMILES string of the molecule is CC(C)Cn1cc(C(=O)NS(=O)(=O)N2CCOCC2)c2ccccc21. The maximum Gasteiger partial charge on any atom is 0.304 e. The van der Waals surface area contributed by atoms with Crippen molar-refractivity contribution in [3.8, 4) is 0 Å². The largest absolute Gasteiger partial charge is 0.379 e. The van der Waals surface area contributed by atoms with Crippen LogP contribution >= 0.6 is 0 Å². The molecule has 1 aromatic carbocycles. The second kappa shape index (κ2) is 7.15. The van der Waals surface area contributed by atoms with Crippen molar-refractivity contribution in [1.82, 2.24) is 13.6 Å². The fourth-order valence-corrected chi connectivity index (χ4v) is 4.10. The van der Waals surface area contributed by atoms with Crippen molar-refractivity contribution < 1.29 is 17.9 Å². The van der Waals surface area contributed by atoms with E-state index in [2.05, 4.69) is 18.6 Å². The Morgan fingerprint density at radius 1 is 1.24 bits per heavy atom. The fourth-order valence-electron chi connectivity index (χ4n) is 3.00. The first-order chi connectivity index (χ1) is 11.9. The average molecular weight is 365 g/mol. The summed E-state index contributed by atoms with van der Waals surface area (Å²) in [6, 6.07) is 7.52. The Labute approximate surface area is 147 Å². The molecular formula is C17H23N3O4S. The van der Waals surface area contributed by atoms with E-state index in [1.165, 1.54) is 4.31 Å². The molecule has 2 heterocycles. The van der Waals surface area contributed by atoms with Gasteiger partial charge in [-0.2, -0.15) is 12.7 Å². The molecule has 0 unspecified atom stereocenters. The summed E-state index contributed by atoms with van der Waals surface area (Å²) in [6.45, 7) is 6.11. The van der Waals surface area contributed by atoms with Crippen LogP contribution in [0.4, 0.5) is 0 Å². The highest BCUT2D eigenvalue weighted by Gasteiger charge is 2.27. The summed E-state index contributed by atoms with van der Waals surface area (Å²) < 4.78 is 35.4. The highest BCUT2D eigenvalue weighted by Crippen LogP contribution is 2.22. The Balaban J connectivity index is 1.89. The van der Waals surface area contributed by atoms with Crippen LogP contribution in [0.3, 0.4) is 0 Å². The number of nitrogens with zero attached hydrogens (tertiary/aromatic N) is 2. The maximum atomic E-state index is 12.7. The minimum atomic E-state index is -3.87. The molecular weight excluding hydrogens is 342 g/mol. The van der Waals surface area contributed by atoms with Crippen LogP contribution in [0.25, 0.3) is 10.9 Å². The summed E-state index contributed by atoms with van der Waals surface area (Å²) in [5.74, 6) is -0.200. The first-order valence-corrected chi connectivity index (χ1v) is 9.80. The molecule has 1 aromatic heterocycles. The second-order valence-corrected chi connectivity index (χ2v) is 8.22. The van der Waals surface area contributed by atoms with Crippen molar-refractivity contribution in [1.29, 1.82) is 0 Å². The lowest BCUT2D eigenvalue weighted by Gasteiger charge is -2.25. The van der Waals surface area contributed by atoms with E-state index in [0.717, 1.165) is 17.4 Å². The number of carbonyl (C=O) groups excluding carboxylic acids is 1. The molecule has 1 aliphatic rings. The number of ether oxygens (including phenoxy) is 1. The third-order valence-corrected chi connectivity index (χ3v) is 5.62. The van der Waals surface area contributed by atoms with Crippen LogP contribution in [0.2, 0.25) is 0 Å². The van der Waals surface area contributed by atoms with E-state index < -0.39 is 16.1 Å². The van der Waals surface area contributed by atoms with E-state index in [0.29, 0.717) is 24.7 Å². The van der Waals surface area contributed by atoms with Gasteiger partial charge in [0.25, 0.3) is 5.91 Å². The number of carbonyl (C=O) groups is 1. The van der Waals surface area contributed by atoms with Crippen LogP contribution in [0.1, 0.15) is 24.2 Å². The molecule has 2 aromatic rings. The zero-order valence-corrected chi connectivity index (χ0v) is 15.3. The predicted molar refractivity (Wildman–Crippen MR) is 95.6 cm³/mol. The number of hydrogen-bond acceptors (Lipinski definition) is 4. The van der Waals surface area contributed by atoms with Crippen LogP contribution in [0, 0.1) is 5.92 Å². The first kappa shape index (κ1) is 17.9. The molecule has 7 nitrogen and oxygen atoms in total. The monoisotopic (exact) mass is 365 g/mol. The van der Waals surface area contributed by atoms with Crippen LogP contribution < -0.4 is 4.72 Å². The fraction of sp³-hybridized carbons (Fsp3) is 0.471. The summed E-state index contributed by atoms with van der Waals surface area (Å²) in [5.41, 5.74) is 1.29. The first-order valence-electron chi connectivity index (χ1n) is 8.36. The topological polar surface area (TPSA) is 80.6 Å². The number of amides is 1. The molecule has 0 bridgehead atoms. The van der Waals surface area contributed by atoms with Gasteiger partial charge in [-0.1, -0.05) is 32.0 Å². The standard InChI is InChI=1S/C17H23N3O4S/c1-13(2)11-19-12-15(14-5-3-4-6-16(14)19)17(21)18-25(22,23)20-7-9-24-10-8-20/h3-6,12-13H,7-11H2,1-2H3,(H,18,21). The third-order valence-electron chi connectivity index (χ3n) is 4.13. The van der Waals surface area contributed by atoms with Crippen LogP contribution in [-0.4, -0.2) is 49.5 Å². The van der Waals surface area contributed by atoms with E-state index >= 15 is 0 Å². The molecule has 0 saturated carbocycles. The average Bonchev–Trinajstić information content (AvgIpc) is 2.94. The number of nitrogens with one attached hydrogen (secondary N) is 1. The molecule has 136 valence electrons. The number of rotatable bonds is 5. The lowest BCUT2D eigenvalue weighted by molar-refractivity contribution is 0.0719. The minimum absolute atomic E-state index is 0.248. The summed E-state index contributed by atoms with van der Waals surface area (Å²) in [4.78, 5) is 12.7. The van der Waals surface area contributed by atoms with Gasteiger partial charge in [0.15, 0.2) is 0 Å². The summed E-state index contributed by atoms with van der Waals surface area (Å²) in [5, 5.41) is 0.748. The Morgan fingerprint density at radius 3 is 2.60 bits per heavy atom. The number of morpholine rings is 1. The van der Waals surface area contributed by atoms with Crippen molar-refractivity contribution in [2.45, 2.75) is 20.4 Å². The molecule has 8 heteroatoms. The molecule has 0 spiro atoms. The molecule has 1 aliphatic heterocycles. The normalized spacial score (nSPS) is 16.4. The lowest BCUT2D eigenvalue weighted by Crippen LogP contribution is -2.48. The van der Waals surface area contributed by atoms with E-state index in [9.17, 15) is 13.2 Å². The van der Waals surface area contributed by atoms with Gasteiger partial charge in [-0.05, 0) is 12.0 Å². The van der Waals surface area contributed by atoms with Gasteiger partial charge in [0.05, 0.1) is 18.8 Å². The highest BCUT2D eigenvalue weighted by molar-refractivity contribution is 7.87. The van der Waals surface area contributed by atoms with E-state index in [4.69, 9.17) is 4.74 Å². The van der Waals surface area contributed by atoms with E-state index in [1.54, 1.807) is 6.20 Å². The second-order valence-electron chi connectivity index (χ2n) is 6.55. The van der Waals surface area contributed by atoms with Crippen molar-refractivity contribution in [2.24, 2.45) is 5.92 Å². The maximum absolute atomic E-state index is 12.7. The van der Waals surface area contributed by atoms with Gasteiger partial charge < -0.3 is 9.30 Å². The summed E-state index contributed by atoms with van der Waals surface area (Å²) in [7, 11) is -3.87. The Bertz CT molecular complexity index is 867. The van der Waals surface area contributed by atoms with Crippen LogP contribution in [0.5, 0.6) is 0 Å². The van der Waals surface area contributed by atoms with Gasteiger partial charge in [-0.3, -0.25) is 4.79 Å². The Morgan fingerprint density at radius 2 is 1.92 bits per heavy atom. The predicted octanol–water partition coefficient (Wildman–Crippen LogP) is 1.60. The van der Waals surface area contributed by atoms with Crippen LogP contribution in [-0.2, 0) is 21.5 Å². The molecule has 0 atom stereocenters. The summed E-state index contributed by atoms with van der Waals surface area (Å²) in [6.07, 6.45) is 1.73. The zero-order chi connectivity index (χ0) is 18.0. The van der Waals surface area contributed by atoms with Crippen molar-refractivity contribution >= 4 is 27.0 Å². The third kappa shape index (κ3) is 3.86. The minimum Gasteiger partial charge on any atom is -0.379 e. The molecule has 0 radical (unpaired) electrons. The molecule has 1 fully saturated rings. The molecule has 3 rings (SSSR count). The van der Waals surface area contributed by atoms with E-state index in [1.807, 2.05) is 28.8 Å². The van der Waals surface area contributed by atoms with Crippen molar-refractivity contribution in [2.75, 3.05) is 26.3 Å². The van der Waals surface area contributed by atoms with Crippen molar-refractivity contribution in [3.63, 3.8) is 0 Å². The van der Waals surface area contributed by atoms with Crippen molar-refractivity contribution in [3.05, 3.63) is 36.0 Å². The van der Waals surface area contributed by atoms with Gasteiger partial charge in [0.2, 0.25) is 0 Å². The van der Waals surface area contributed by atoms with Gasteiger partial charge >= 0.3 is 10.2 Å². The number of fused-ring (bicyclic) bond motifs is 1. The van der Waals surface area contributed by atoms with Gasteiger partial charge in [-0.25, -0.2) is 4.72 Å². The number of benzene rings is 1. The smallest absolute Gasteiger partial charge is 0.304 e. The van der Waals surface area contributed by atoms with Gasteiger partial charge in [-0.15, -0.1) is 0 Å². The van der Waals surface area contributed by atoms with Crippen LogP contribution in [0.15, 0.2) is 30.5 Å². The quantitative estimate of drug-likeness (QED) is 0.873.